The van der Waals surface area contributed by atoms with Crippen molar-refractivity contribution >= 4 is 11.6 Å². The molecule has 0 spiro atoms. The maximum absolute atomic E-state index is 13.1. The molecule has 1 aromatic carbocycles. The molecule has 2 rings (SSSR count). The van der Waals surface area contributed by atoms with E-state index in [1.807, 2.05) is 0 Å². The molecule has 24 heavy (non-hydrogen) atoms. The molecule has 0 aliphatic heterocycles. The van der Waals surface area contributed by atoms with Gasteiger partial charge < -0.3 is 5.32 Å². The molecule has 0 fully saturated rings. The number of anilines is 1. The first-order valence-corrected chi connectivity index (χ1v) is 7.26. The molecule has 8 heteroatoms. The number of nitrogens with zero attached hydrogens (tertiary/aromatic N) is 2. The second-order valence-corrected chi connectivity index (χ2v) is 5.70. The molecular formula is C16H17F4N3O. The van der Waals surface area contributed by atoms with E-state index in [-0.39, 0.29) is 12.5 Å². The summed E-state index contributed by atoms with van der Waals surface area (Å²) in [5.74, 6) is -1.41. The maximum Gasteiger partial charge on any atom is 0.435 e. The summed E-state index contributed by atoms with van der Waals surface area (Å²) in [4.78, 5) is 12.2. The molecule has 1 atom stereocenters. The van der Waals surface area contributed by atoms with Crippen molar-refractivity contribution in [3.05, 3.63) is 47.0 Å². The van der Waals surface area contributed by atoms with Gasteiger partial charge in [-0.25, -0.2) is 4.39 Å². The largest absolute Gasteiger partial charge is 0.435 e. The van der Waals surface area contributed by atoms with Gasteiger partial charge in [0.25, 0.3) is 0 Å². The molecule has 4 nitrogen and oxygen atoms in total. The average molecular weight is 343 g/mol. The van der Waals surface area contributed by atoms with Crippen molar-refractivity contribution in [1.82, 2.24) is 9.78 Å². The molecule has 1 N–H and O–H groups in total. The second-order valence-electron chi connectivity index (χ2n) is 5.70. The SMILES string of the molecule is Cc1cc(F)ccc1NC(=O)[C@H](C)Cn1nc(C(F)(F)F)cc1C. The van der Waals surface area contributed by atoms with Crippen LogP contribution in [0.1, 0.15) is 23.9 Å². The molecule has 1 amide bonds. The third-order valence-corrected chi connectivity index (χ3v) is 3.61. The number of nitrogens with one attached hydrogen (secondary N) is 1. The van der Waals surface area contributed by atoms with Crippen molar-refractivity contribution in [2.75, 3.05) is 5.32 Å². The van der Waals surface area contributed by atoms with Crippen LogP contribution >= 0.6 is 0 Å². The zero-order chi connectivity index (χ0) is 18.1. The van der Waals surface area contributed by atoms with Crippen molar-refractivity contribution in [2.24, 2.45) is 5.92 Å². The van der Waals surface area contributed by atoms with Gasteiger partial charge in [-0.15, -0.1) is 0 Å². The topological polar surface area (TPSA) is 46.9 Å². The van der Waals surface area contributed by atoms with Gasteiger partial charge in [-0.1, -0.05) is 6.92 Å². The van der Waals surface area contributed by atoms with Crippen LogP contribution in [-0.2, 0) is 17.5 Å². The predicted octanol–water partition coefficient (Wildman–Crippen LogP) is 3.93. The number of rotatable bonds is 4. The predicted molar refractivity (Wildman–Crippen MR) is 80.9 cm³/mol. The van der Waals surface area contributed by atoms with Gasteiger partial charge >= 0.3 is 6.18 Å². The third-order valence-electron chi connectivity index (χ3n) is 3.61. The lowest BCUT2D eigenvalue weighted by atomic mass is 10.1. The Morgan fingerprint density at radius 3 is 2.50 bits per heavy atom. The van der Waals surface area contributed by atoms with Crippen molar-refractivity contribution in [1.29, 1.82) is 0 Å². The highest BCUT2D eigenvalue weighted by Gasteiger charge is 2.34. The summed E-state index contributed by atoms with van der Waals surface area (Å²) in [5, 5.41) is 6.15. The number of halogens is 4. The van der Waals surface area contributed by atoms with Crippen molar-refractivity contribution in [3.8, 4) is 0 Å². The van der Waals surface area contributed by atoms with Gasteiger partial charge in [0.2, 0.25) is 5.91 Å². The van der Waals surface area contributed by atoms with Crippen LogP contribution in [0.4, 0.5) is 23.2 Å². The summed E-state index contributed by atoms with van der Waals surface area (Å²) in [5.41, 5.74) is 0.355. The average Bonchev–Trinajstić information content (AvgIpc) is 2.83. The number of carbonyl (C=O) groups excluding carboxylic acids is 1. The van der Waals surface area contributed by atoms with Crippen LogP contribution in [0.5, 0.6) is 0 Å². The number of amides is 1. The molecule has 1 heterocycles. The van der Waals surface area contributed by atoms with Crippen molar-refractivity contribution in [3.63, 3.8) is 0 Å². The van der Waals surface area contributed by atoms with E-state index >= 15 is 0 Å². The summed E-state index contributed by atoms with van der Waals surface area (Å²) in [7, 11) is 0. The van der Waals surface area contributed by atoms with Gasteiger partial charge in [0.05, 0.1) is 12.5 Å². The Morgan fingerprint density at radius 2 is 1.96 bits per heavy atom. The second kappa shape index (κ2) is 6.62. The number of aromatic nitrogens is 2. The molecule has 130 valence electrons. The third kappa shape index (κ3) is 4.12. The number of alkyl halides is 3. The normalized spacial score (nSPS) is 13.0. The monoisotopic (exact) mass is 343 g/mol. The summed E-state index contributed by atoms with van der Waals surface area (Å²) >= 11 is 0. The minimum atomic E-state index is -4.52. The van der Waals surface area contributed by atoms with Gasteiger partial charge in [-0.2, -0.15) is 18.3 Å². The van der Waals surface area contributed by atoms with Crippen LogP contribution in [0, 0.1) is 25.6 Å². The Kier molecular flexibility index (Phi) is 4.96. The Balaban J connectivity index is 2.08. The molecule has 0 aliphatic carbocycles. The zero-order valence-corrected chi connectivity index (χ0v) is 13.4. The van der Waals surface area contributed by atoms with Crippen LogP contribution < -0.4 is 5.32 Å². The van der Waals surface area contributed by atoms with Crippen LogP contribution in [0.2, 0.25) is 0 Å². The van der Waals surface area contributed by atoms with E-state index in [0.717, 1.165) is 10.7 Å². The fourth-order valence-electron chi connectivity index (χ4n) is 2.20. The van der Waals surface area contributed by atoms with E-state index in [0.29, 0.717) is 16.9 Å². The minimum Gasteiger partial charge on any atom is -0.326 e. The highest BCUT2D eigenvalue weighted by Crippen LogP contribution is 2.28. The van der Waals surface area contributed by atoms with E-state index in [9.17, 15) is 22.4 Å². The van der Waals surface area contributed by atoms with Crippen LogP contribution in [0.15, 0.2) is 24.3 Å². The number of benzene rings is 1. The van der Waals surface area contributed by atoms with Gasteiger partial charge in [0, 0.05) is 11.4 Å². The lowest BCUT2D eigenvalue weighted by Gasteiger charge is -2.15. The number of hydrogen-bond acceptors (Lipinski definition) is 2. The first-order valence-electron chi connectivity index (χ1n) is 7.26. The van der Waals surface area contributed by atoms with E-state index in [1.165, 1.54) is 25.1 Å². The molecule has 0 unspecified atom stereocenters. The Hall–Kier alpha value is -2.38. The Bertz CT molecular complexity index is 752. The summed E-state index contributed by atoms with van der Waals surface area (Å²) in [6.45, 7) is 4.74. The molecule has 0 saturated heterocycles. The summed E-state index contributed by atoms with van der Waals surface area (Å²) in [6, 6.07) is 4.89. The molecule has 0 saturated carbocycles. The van der Waals surface area contributed by atoms with Gasteiger partial charge in [0.1, 0.15) is 5.82 Å². The standard InChI is InChI=1S/C16H17F4N3O/c1-9-6-12(17)4-5-13(9)21-15(24)10(2)8-23-11(3)7-14(22-23)16(18,19)20/h4-7,10H,8H2,1-3H3,(H,21,24)/t10-/m1/s1. The molecule has 0 bridgehead atoms. The van der Waals surface area contributed by atoms with Gasteiger partial charge in [-0.05, 0) is 43.7 Å². The lowest BCUT2D eigenvalue weighted by Crippen LogP contribution is -2.25. The number of hydrogen-bond donors (Lipinski definition) is 1. The number of carbonyl (C=O) groups is 1. The quantitative estimate of drug-likeness (QED) is 0.855. The van der Waals surface area contributed by atoms with E-state index < -0.39 is 23.6 Å². The maximum atomic E-state index is 13.1. The minimum absolute atomic E-state index is 0.00793. The molecule has 0 radical (unpaired) electrons. The Morgan fingerprint density at radius 1 is 1.29 bits per heavy atom. The van der Waals surface area contributed by atoms with Crippen molar-refractivity contribution in [2.45, 2.75) is 33.5 Å². The van der Waals surface area contributed by atoms with Gasteiger partial charge in [0.15, 0.2) is 5.69 Å². The van der Waals surface area contributed by atoms with Crippen LogP contribution in [-0.4, -0.2) is 15.7 Å². The molecule has 2 aromatic rings. The van der Waals surface area contributed by atoms with E-state index in [1.54, 1.807) is 13.8 Å². The Labute approximate surface area is 136 Å². The van der Waals surface area contributed by atoms with E-state index in [4.69, 9.17) is 0 Å². The fourth-order valence-corrected chi connectivity index (χ4v) is 2.20. The van der Waals surface area contributed by atoms with Crippen LogP contribution in [0.25, 0.3) is 0 Å². The number of aryl methyl sites for hydroxylation is 2. The zero-order valence-electron chi connectivity index (χ0n) is 13.4. The smallest absolute Gasteiger partial charge is 0.326 e. The first kappa shape index (κ1) is 18.0. The molecule has 1 aromatic heterocycles. The van der Waals surface area contributed by atoms with Crippen molar-refractivity contribution < 1.29 is 22.4 Å². The summed E-state index contributed by atoms with van der Waals surface area (Å²) < 4.78 is 52.2. The fraction of sp³-hybridized carbons (Fsp3) is 0.375. The van der Waals surface area contributed by atoms with Crippen LogP contribution in [0.3, 0.4) is 0 Å². The highest BCUT2D eigenvalue weighted by molar-refractivity contribution is 5.92. The lowest BCUT2D eigenvalue weighted by molar-refractivity contribution is -0.141. The molecule has 0 aliphatic rings. The summed E-state index contributed by atoms with van der Waals surface area (Å²) in [6.07, 6.45) is -4.52. The first-order chi connectivity index (χ1) is 11.1. The molecular weight excluding hydrogens is 326 g/mol. The van der Waals surface area contributed by atoms with E-state index in [2.05, 4.69) is 10.4 Å². The highest BCUT2D eigenvalue weighted by atomic mass is 19.4. The van der Waals surface area contributed by atoms with Gasteiger partial charge in [-0.3, -0.25) is 9.48 Å².